The van der Waals surface area contributed by atoms with Crippen LogP contribution in [0.5, 0.6) is 0 Å². The Morgan fingerprint density at radius 2 is 1.57 bits per heavy atom. The molecule has 5 aliphatic rings. The van der Waals surface area contributed by atoms with Gasteiger partial charge >= 0.3 is 5.97 Å². The fraction of sp³-hybridized carbons (Fsp3) is 0.906. The lowest BCUT2D eigenvalue weighted by Crippen LogP contribution is -2.66. The van der Waals surface area contributed by atoms with Crippen molar-refractivity contribution in [1.82, 2.24) is 0 Å². The van der Waals surface area contributed by atoms with E-state index in [-0.39, 0.29) is 22.9 Å². The third-order valence-electron chi connectivity index (χ3n) is 13.8. The second-order valence-corrected chi connectivity index (χ2v) is 15.2. The van der Waals surface area contributed by atoms with E-state index in [0.717, 1.165) is 12.3 Å². The number of aliphatic hydroxyl groups is 1. The van der Waals surface area contributed by atoms with Gasteiger partial charge in [-0.15, -0.1) is 0 Å². The maximum Gasteiger partial charge on any atom is 0.302 e. The van der Waals surface area contributed by atoms with E-state index in [9.17, 15) is 9.90 Å². The molecule has 1 N–H and O–H groups in total. The van der Waals surface area contributed by atoms with Crippen LogP contribution in [0.1, 0.15) is 113 Å². The third kappa shape index (κ3) is 3.34. The van der Waals surface area contributed by atoms with E-state index in [1.165, 1.54) is 63.4 Å². The number of carbonyl (C=O) groups is 1. The SMILES string of the molecule is C=C(C)[C@@H]1CC[C@]2(COC(C)=O)CC[C@]3(C)[C@H](CC[C@H]4[C@@]5(C)CC[C@H](O)C(C)(C)[C@@H]5CC[C@]43C)[C@H]12. The largest absolute Gasteiger partial charge is 0.465 e. The summed E-state index contributed by atoms with van der Waals surface area (Å²) < 4.78 is 5.79. The van der Waals surface area contributed by atoms with E-state index >= 15 is 0 Å². The molecule has 35 heavy (non-hydrogen) atoms. The molecule has 10 atom stereocenters. The van der Waals surface area contributed by atoms with Crippen LogP contribution < -0.4 is 0 Å². The molecule has 3 nitrogen and oxygen atoms in total. The van der Waals surface area contributed by atoms with Gasteiger partial charge in [0.25, 0.3) is 0 Å². The van der Waals surface area contributed by atoms with Gasteiger partial charge in [-0.05, 0) is 122 Å². The summed E-state index contributed by atoms with van der Waals surface area (Å²) in [5.74, 6) is 3.04. The van der Waals surface area contributed by atoms with Crippen molar-refractivity contribution in [1.29, 1.82) is 0 Å². The molecule has 0 aromatic rings. The highest BCUT2D eigenvalue weighted by Crippen LogP contribution is 2.77. The first-order valence-electron chi connectivity index (χ1n) is 14.7. The van der Waals surface area contributed by atoms with E-state index in [1.54, 1.807) is 6.92 Å². The van der Waals surface area contributed by atoms with E-state index in [2.05, 4.69) is 48.1 Å². The molecule has 0 heterocycles. The van der Waals surface area contributed by atoms with Gasteiger partial charge in [0.15, 0.2) is 0 Å². The van der Waals surface area contributed by atoms with Gasteiger partial charge < -0.3 is 9.84 Å². The lowest BCUT2D eigenvalue weighted by molar-refractivity contribution is -0.249. The standard InChI is InChI=1S/C32H52O3/c1-20(2)22-11-16-32(19-35-21(3)33)18-17-30(7)23(27(22)32)9-10-25-29(6)14-13-26(34)28(4,5)24(29)12-15-31(25,30)8/h22-27,34H,1,9-19H2,2-8H3/t22-,23+,24-,25-,26-,27-,29-,30+,31+,32+/m0/s1. The molecule has 5 fully saturated rings. The van der Waals surface area contributed by atoms with Crippen LogP contribution in [0.15, 0.2) is 12.2 Å². The average Bonchev–Trinajstić information content (AvgIpc) is 3.16. The minimum Gasteiger partial charge on any atom is -0.465 e. The van der Waals surface area contributed by atoms with E-state index in [0.29, 0.717) is 46.5 Å². The summed E-state index contributed by atoms with van der Waals surface area (Å²) >= 11 is 0. The Hall–Kier alpha value is -0.830. The van der Waals surface area contributed by atoms with Gasteiger partial charge in [0, 0.05) is 12.3 Å². The zero-order valence-electron chi connectivity index (χ0n) is 23.7. The molecule has 5 saturated carbocycles. The van der Waals surface area contributed by atoms with E-state index in [4.69, 9.17) is 4.74 Å². The Morgan fingerprint density at radius 3 is 2.23 bits per heavy atom. The fourth-order valence-electron chi connectivity index (χ4n) is 11.8. The Labute approximate surface area is 214 Å². The molecule has 0 aliphatic heterocycles. The summed E-state index contributed by atoms with van der Waals surface area (Å²) in [5.41, 5.74) is 2.45. The smallest absolute Gasteiger partial charge is 0.302 e. The van der Waals surface area contributed by atoms with E-state index in [1.807, 2.05) is 0 Å². The van der Waals surface area contributed by atoms with Crippen LogP contribution in [0.3, 0.4) is 0 Å². The summed E-state index contributed by atoms with van der Waals surface area (Å²) in [6.07, 6.45) is 12.0. The van der Waals surface area contributed by atoms with Crippen molar-refractivity contribution >= 4 is 5.97 Å². The normalized spacial score (nSPS) is 52.5. The molecule has 0 bridgehead atoms. The zero-order valence-corrected chi connectivity index (χ0v) is 23.7. The Kier molecular flexibility index (Phi) is 5.96. The first-order valence-corrected chi connectivity index (χ1v) is 14.7. The summed E-state index contributed by atoms with van der Waals surface area (Å²) in [6, 6.07) is 0. The zero-order chi connectivity index (χ0) is 25.6. The van der Waals surface area contributed by atoms with Crippen molar-refractivity contribution in [3.63, 3.8) is 0 Å². The van der Waals surface area contributed by atoms with Crippen LogP contribution in [0, 0.1) is 56.7 Å². The lowest BCUT2D eigenvalue weighted by atomic mass is 9.32. The maximum atomic E-state index is 11.9. The molecule has 3 heteroatoms. The minimum absolute atomic E-state index is 0.00826. The van der Waals surface area contributed by atoms with Gasteiger partial charge in [0.2, 0.25) is 0 Å². The van der Waals surface area contributed by atoms with E-state index < -0.39 is 0 Å². The molecule has 198 valence electrons. The molecule has 0 spiro atoms. The maximum absolute atomic E-state index is 11.9. The van der Waals surface area contributed by atoms with Crippen LogP contribution in [-0.2, 0) is 9.53 Å². The summed E-state index contributed by atoms with van der Waals surface area (Å²) in [5, 5.41) is 10.9. The second kappa shape index (κ2) is 8.08. The molecule has 0 amide bonds. The average molecular weight is 485 g/mol. The first kappa shape index (κ1) is 25.8. The van der Waals surface area contributed by atoms with Crippen LogP contribution >= 0.6 is 0 Å². The number of aliphatic hydroxyl groups excluding tert-OH is 1. The predicted molar refractivity (Wildman–Crippen MR) is 142 cm³/mol. The fourth-order valence-corrected chi connectivity index (χ4v) is 11.8. The molecule has 0 aromatic carbocycles. The second-order valence-electron chi connectivity index (χ2n) is 15.2. The highest BCUT2D eigenvalue weighted by Gasteiger charge is 2.70. The molecule has 0 aromatic heterocycles. The van der Waals surface area contributed by atoms with Crippen LogP contribution in [0.25, 0.3) is 0 Å². The van der Waals surface area contributed by atoms with Gasteiger partial charge in [-0.25, -0.2) is 0 Å². The van der Waals surface area contributed by atoms with Crippen LogP contribution in [-0.4, -0.2) is 23.8 Å². The molecular formula is C32H52O3. The number of ether oxygens (including phenoxy) is 1. The molecule has 5 aliphatic carbocycles. The number of hydrogen-bond acceptors (Lipinski definition) is 3. The highest BCUT2D eigenvalue weighted by molar-refractivity contribution is 5.65. The summed E-state index contributed by atoms with van der Waals surface area (Å²) in [6.45, 7) is 21.5. The van der Waals surface area contributed by atoms with Crippen molar-refractivity contribution in [2.24, 2.45) is 56.7 Å². The Bertz CT molecular complexity index is 891. The molecule has 0 saturated heterocycles. The topological polar surface area (TPSA) is 46.5 Å². The van der Waals surface area contributed by atoms with Crippen molar-refractivity contribution < 1.29 is 14.6 Å². The number of rotatable bonds is 3. The van der Waals surface area contributed by atoms with Crippen molar-refractivity contribution in [2.45, 2.75) is 119 Å². The van der Waals surface area contributed by atoms with Gasteiger partial charge in [0.05, 0.1) is 12.7 Å². The van der Waals surface area contributed by atoms with Crippen LogP contribution in [0.4, 0.5) is 0 Å². The number of esters is 1. The first-order chi connectivity index (χ1) is 16.2. The Balaban J connectivity index is 1.53. The molecular weight excluding hydrogens is 432 g/mol. The summed E-state index contributed by atoms with van der Waals surface area (Å²) in [4.78, 5) is 11.9. The monoisotopic (exact) mass is 484 g/mol. The lowest BCUT2D eigenvalue weighted by Gasteiger charge is -2.73. The van der Waals surface area contributed by atoms with Gasteiger partial charge in [-0.2, -0.15) is 0 Å². The number of carbonyl (C=O) groups excluding carboxylic acids is 1. The van der Waals surface area contributed by atoms with Gasteiger partial charge in [-0.3, -0.25) is 4.79 Å². The van der Waals surface area contributed by atoms with Crippen LogP contribution in [0.2, 0.25) is 0 Å². The molecule has 5 rings (SSSR count). The summed E-state index contributed by atoms with van der Waals surface area (Å²) in [7, 11) is 0. The number of hydrogen-bond donors (Lipinski definition) is 1. The highest BCUT2D eigenvalue weighted by atomic mass is 16.5. The van der Waals surface area contributed by atoms with Crippen molar-refractivity contribution in [2.75, 3.05) is 6.61 Å². The van der Waals surface area contributed by atoms with Gasteiger partial charge in [-0.1, -0.05) is 46.8 Å². The number of fused-ring (bicyclic) bond motifs is 7. The minimum atomic E-state index is -0.164. The molecule has 0 unspecified atom stereocenters. The van der Waals surface area contributed by atoms with Crippen molar-refractivity contribution in [3.05, 3.63) is 12.2 Å². The molecule has 0 radical (unpaired) electrons. The van der Waals surface area contributed by atoms with Gasteiger partial charge in [0.1, 0.15) is 0 Å². The van der Waals surface area contributed by atoms with Crippen molar-refractivity contribution in [3.8, 4) is 0 Å². The quantitative estimate of drug-likeness (QED) is 0.332. The number of allylic oxidation sites excluding steroid dienone is 1. The predicted octanol–water partition coefficient (Wildman–Crippen LogP) is 7.57. The Morgan fingerprint density at radius 1 is 0.857 bits per heavy atom. The third-order valence-corrected chi connectivity index (χ3v) is 13.8.